The van der Waals surface area contributed by atoms with Crippen molar-refractivity contribution in [3.05, 3.63) is 42.1 Å². The topological polar surface area (TPSA) is 33.1 Å². The maximum atomic E-state index is 10.4. The summed E-state index contributed by atoms with van der Waals surface area (Å²) >= 11 is 0. The summed E-state index contributed by atoms with van der Waals surface area (Å²) in [4.78, 5) is 4.28. The molecule has 1 fully saturated rings. The van der Waals surface area contributed by atoms with Crippen LogP contribution in [0.2, 0.25) is 0 Å². The lowest BCUT2D eigenvalue weighted by molar-refractivity contribution is 0.130. The highest BCUT2D eigenvalue weighted by molar-refractivity contribution is 5.79. The highest BCUT2D eigenvalue weighted by Gasteiger charge is 2.52. The van der Waals surface area contributed by atoms with Gasteiger partial charge >= 0.3 is 0 Å². The van der Waals surface area contributed by atoms with Gasteiger partial charge in [-0.1, -0.05) is 25.5 Å². The molecule has 0 bridgehead atoms. The highest BCUT2D eigenvalue weighted by Crippen LogP contribution is 2.53. The van der Waals surface area contributed by atoms with E-state index in [0.717, 1.165) is 29.3 Å². The highest BCUT2D eigenvalue weighted by atomic mass is 16.3. The van der Waals surface area contributed by atoms with E-state index < -0.39 is 5.60 Å². The SMILES string of the molecule is CCC1CC1(O)c1ccc2ncccc2c1. The van der Waals surface area contributed by atoms with E-state index in [0.29, 0.717) is 5.92 Å². The second-order valence-corrected chi connectivity index (χ2v) is 4.64. The summed E-state index contributed by atoms with van der Waals surface area (Å²) in [6.07, 6.45) is 3.74. The second-order valence-electron chi connectivity index (χ2n) is 4.64. The molecule has 1 N–H and O–H groups in total. The molecule has 2 aromatic rings. The van der Waals surface area contributed by atoms with Crippen molar-refractivity contribution in [3.63, 3.8) is 0 Å². The third-order valence-electron chi connectivity index (χ3n) is 3.67. The first-order valence-electron chi connectivity index (χ1n) is 5.81. The summed E-state index contributed by atoms with van der Waals surface area (Å²) in [5.41, 5.74) is 1.46. The van der Waals surface area contributed by atoms with Gasteiger partial charge in [0.25, 0.3) is 0 Å². The first-order valence-corrected chi connectivity index (χ1v) is 5.81. The van der Waals surface area contributed by atoms with Crippen LogP contribution in [0.4, 0.5) is 0 Å². The third-order valence-corrected chi connectivity index (χ3v) is 3.67. The quantitative estimate of drug-likeness (QED) is 0.832. The molecule has 1 saturated carbocycles. The third kappa shape index (κ3) is 1.34. The van der Waals surface area contributed by atoms with Gasteiger partial charge in [0, 0.05) is 11.6 Å². The van der Waals surface area contributed by atoms with Crippen LogP contribution in [0, 0.1) is 5.92 Å². The fourth-order valence-electron chi connectivity index (χ4n) is 2.50. The van der Waals surface area contributed by atoms with Crippen LogP contribution in [0.25, 0.3) is 10.9 Å². The first-order chi connectivity index (χ1) is 7.74. The predicted octanol–water partition coefficient (Wildman–Crippen LogP) is 2.85. The van der Waals surface area contributed by atoms with E-state index in [2.05, 4.69) is 18.0 Å². The number of nitrogens with zero attached hydrogens (tertiary/aromatic N) is 1. The zero-order chi connectivity index (χ0) is 11.2. The van der Waals surface area contributed by atoms with E-state index in [-0.39, 0.29) is 0 Å². The number of pyridine rings is 1. The van der Waals surface area contributed by atoms with Gasteiger partial charge in [-0.25, -0.2) is 0 Å². The van der Waals surface area contributed by atoms with E-state index in [1.807, 2.05) is 24.3 Å². The molecule has 3 rings (SSSR count). The van der Waals surface area contributed by atoms with Crippen LogP contribution in [0.15, 0.2) is 36.5 Å². The van der Waals surface area contributed by atoms with Gasteiger partial charge in [0.1, 0.15) is 0 Å². The van der Waals surface area contributed by atoms with Crippen LogP contribution in [0.5, 0.6) is 0 Å². The fraction of sp³-hybridized carbons (Fsp3) is 0.357. The van der Waals surface area contributed by atoms with E-state index in [9.17, 15) is 5.11 Å². The Bertz CT molecular complexity index is 537. The molecule has 0 saturated heterocycles. The van der Waals surface area contributed by atoms with E-state index in [4.69, 9.17) is 0 Å². The van der Waals surface area contributed by atoms with Crippen molar-refractivity contribution >= 4 is 10.9 Å². The van der Waals surface area contributed by atoms with Crippen LogP contribution in [-0.4, -0.2) is 10.1 Å². The van der Waals surface area contributed by atoms with Gasteiger partial charge in [0.2, 0.25) is 0 Å². The van der Waals surface area contributed by atoms with Crippen molar-refractivity contribution in [2.45, 2.75) is 25.4 Å². The maximum Gasteiger partial charge on any atom is 0.0929 e. The summed E-state index contributed by atoms with van der Waals surface area (Å²) in [5.74, 6) is 0.432. The Morgan fingerprint density at radius 2 is 2.31 bits per heavy atom. The Morgan fingerprint density at radius 3 is 3.06 bits per heavy atom. The Kier molecular flexibility index (Phi) is 2.01. The lowest BCUT2D eigenvalue weighted by atomic mass is 10.0. The minimum Gasteiger partial charge on any atom is -0.385 e. The van der Waals surface area contributed by atoms with Crippen molar-refractivity contribution < 1.29 is 5.11 Å². The zero-order valence-corrected chi connectivity index (χ0v) is 9.35. The Balaban J connectivity index is 2.06. The van der Waals surface area contributed by atoms with Crippen molar-refractivity contribution in [3.8, 4) is 0 Å². The lowest BCUT2D eigenvalue weighted by Crippen LogP contribution is -2.08. The molecule has 2 atom stereocenters. The smallest absolute Gasteiger partial charge is 0.0929 e. The van der Waals surface area contributed by atoms with Crippen LogP contribution in [0.3, 0.4) is 0 Å². The molecule has 1 aromatic carbocycles. The molecule has 16 heavy (non-hydrogen) atoms. The molecule has 0 spiro atoms. The van der Waals surface area contributed by atoms with Crippen LogP contribution in [0.1, 0.15) is 25.3 Å². The molecule has 2 nitrogen and oxygen atoms in total. The van der Waals surface area contributed by atoms with Gasteiger partial charge in [0.05, 0.1) is 11.1 Å². The number of benzene rings is 1. The van der Waals surface area contributed by atoms with Crippen molar-refractivity contribution in [1.29, 1.82) is 0 Å². The maximum absolute atomic E-state index is 10.4. The minimum atomic E-state index is -0.571. The van der Waals surface area contributed by atoms with Gasteiger partial charge in [-0.2, -0.15) is 0 Å². The second kappa shape index (κ2) is 3.29. The zero-order valence-electron chi connectivity index (χ0n) is 9.35. The molecule has 1 aliphatic rings. The largest absolute Gasteiger partial charge is 0.385 e. The molecule has 82 valence electrons. The average Bonchev–Trinajstić information content (AvgIpc) is 3.01. The molecule has 0 radical (unpaired) electrons. The monoisotopic (exact) mass is 213 g/mol. The van der Waals surface area contributed by atoms with E-state index >= 15 is 0 Å². The number of fused-ring (bicyclic) bond motifs is 1. The molecule has 0 amide bonds. The van der Waals surface area contributed by atoms with Gasteiger partial charge in [-0.15, -0.1) is 0 Å². The van der Waals surface area contributed by atoms with Gasteiger partial charge in [-0.05, 0) is 36.1 Å². The van der Waals surface area contributed by atoms with Crippen molar-refractivity contribution in [1.82, 2.24) is 4.98 Å². The van der Waals surface area contributed by atoms with E-state index in [1.54, 1.807) is 6.20 Å². The summed E-state index contributed by atoms with van der Waals surface area (Å²) in [5, 5.41) is 11.5. The number of hydrogen-bond acceptors (Lipinski definition) is 2. The number of rotatable bonds is 2. The van der Waals surface area contributed by atoms with Gasteiger partial charge in [0.15, 0.2) is 0 Å². The van der Waals surface area contributed by atoms with Gasteiger partial charge < -0.3 is 5.11 Å². The predicted molar refractivity (Wildman–Crippen MR) is 64.0 cm³/mol. The van der Waals surface area contributed by atoms with Crippen molar-refractivity contribution in [2.24, 2.45) is 5.92 Å². The van der Waals surface area contributed by atoms with Crippen LogP contribution in [-0.2, 0) is 5.60 Å². The molecular formula is C14H15NO. The summed E-state index contributed by atoms with van der Waals surface area (Å²) in [6.45, 7) is 2.13. The Morgan fingerprint density at radius 1 is 1.44 bits per heavy atom. The molecular weight excluding hydrogens is 198 g/mol. The minimum absolute atomic E-state index is 0.432. The normalized spacial score (nSPS) is 28.2. The van der Waals surface area contributed by atoms with E-state index in [1.165, 1.54) is 0 Å². The molecule has 2 unspecified atom stereocenters. The molecule has 2 heteroatoms. The van der Waals surface area contributed by atoms with Crippen LogP contribution >= 0.6 is 0 Å². The Hall–Kier alpha value is -1.41. The summed E-state index contributed by atoms with van der Waals surface area (Å²) in [7, 11) is 0. The lowest BCUT2D eigenvalue weighted by Gasteiger charge is -2.11. The number of hydrogen-bond donors (Lipinski definition) is 1. The molecule has 1 aliphatic carbocycles. The molecule has 1 aromatic heterocycles. The molecule has 1 heterocycles. The average molecular weight is 213 g/mol. The number of aliphatic hydroxyl groups is 1. The molecule has 0 aliphatic heterocycles. The van der Waals surface area contributed by atoms with Crippen molar-refractivity contribution in [2.75, 3.05) is 0 Å². The van der Waals surface area contributed by atoms with Gasteiger partial charge in [-0.3, -0.25) is 4.98 Å². The summed E-state index contributed by atoms with van der Waals surface area (Å²) < 4.78 is 0. The first kappa shape index (κ1) is 9.79. The fourth-order valence-corrected chi connectivity index (χ4v) is 2.50. The standard InChI is InChI=1S/C14H15NO/c1-2-11-9-14(11,16)12-5-6-13-10(8-12)4-3-7-15-13/h3-8,11,16H,2,9H2,1H3. The Labute approximate surface area is 94.9 Å². The summed E-state index contributed by atoms with van der Waals surface area (Å²) in [6, 6.07) is 10.0. The number of aromatic nitrogens is 1. The van der Waals surface area contributed by atoms with Crippen LogP contribution < -0.4 is 0 Å².